The topological polar surface area (TPSA) is 128 Å². The Morgan fingerprint density at radius 3 is 2.54 bits per heavy atom. The Morgan fingerprint density at radius 2 is 1.91 bits per heavy atom. The SMILES string of the molecule is NCc1cnn(-c2ncc(NC(=O)Nc3cnc4cc(Cl)nn4c3C3(C(F)(F)F)CC3)cc2Cl)c1. The second kappa shape index (κ2) is 8.36. The summed E-state index contributed by atoms with van der Waals surface area (Å²) in [7, 11) is 0. The molecule has 0 bridgehead atoms. The van der Waals surface area contributed by atoms with E-state index in [1.807, 2.05) is 0 Å². The summed E-state index contributed by atoms with van der Waals surface area (Å²) < 4.78 is 44.4. The van der Waals surface area contributed by atoms with Gasteiger partial charge in [0, 0.05) is 24.4 Å². The van der Waals surface area contributed by atoms with Gasteiger partial charge in [0.15, 0.2) is 16.6 Å². The van der Waals surface area contributed by atoms with Crippen molar-refractivity contribution < 1.29 is 18.0 Å². The largest absolute Gasteiger partial charge is 0.400 e. The number of anilines is 2. The Bertz CT molecular complexity index is 1450. The average Bonchev–Trinajstić information content (AvgIpc) is 3.31. The fraction of sp³-hybridized carbons (Fsp3) is 0.250. The van der Waals surface area contributed by atoms with Crippen molar-refractivity contribution in [2.75, 3.05) is 10.6 Å². The maximum atomic E-state index is 14.0. The van der Waals surface area contributed by atoms with Gasteiger partial charge in [-0.05, 0) is 18.9 Å². The maximum Gasteiger partial charge on any atom is 0.400 e. The third kappa shape index (κ3) is 4.15. The Labute approximate surface area is 205 Å². The lowest BCUT2D eigenvalue weighted by Crippen LogP contribution is -2.33. The lowest BCUT2D eigenvalue weighted by Gasteiger charge is -2.23. The number of rotatable bonds is 5. The number of nitrogens with zero attached hydrogens (tertiary/aromatic N) is 6. The molecule has 1 aliphatic carbocycles. The second-order valence-electron chi connectivity index (χ2n) is 7.94. The summed E-state index contributed by atoms with van der Waals surface area (Å²) in [5.74, 6) is 0.311. The van der Waals surface area contributed by atoms with E-state index >= 15 is 0 Å². The first kappa shape index (κ1) is 23.3. The molecule has 1 fully saturated rings. The summed E-state index contributed by atoms with van der Waals surface area (Å²) in [5.41, 5.74) is 4.15. The highest BCUT2D eigenvalue weighted by Crippen LogP contribution is 2.60. The number of hydrogen-bond donors (Lipinski definition) is 3. The number of alkyl halides is 3. The van der Waals surface area contributed by atoms with E-state index in [9.17, 15) is 18.0 Å². The molecule has 15 heteroatoms. The first-order valence-corrected chi connectivity index (χ1v) is 11.0. The molecule has 2 amide bonds. The van der Waals surface area contributed by atoms with E-state index in [0.717, 1.165) is 16.3 Å². The molecule has 182 valence electrons. The summed E-state index contributed by atoms with van der Waals surface area (Å²) >= 11 is 12.2. The molecule has 5 rings (SSSR count). The number of halogens is 5. The summed E-state index contributed by atoms with van der Waals surface area (Å²) in [5, 5.41) is 13.2. The van der Waals surface area contributed by atoms with Gasteiger partial charge >= 0.3 is 12.2 Å². The van der Waals surface area contributed by atoms with Crippen molar-refractivity contribution >= 4 is 46.3 Å². The van der Waals surface area contributed by atoms with Crippen molar-refractivity contribution in [2.24, 2.45) is 5.73 Å². The zero-order valence-electron chi connectivity index (χ0n) is 17.6. The third-order valence-corrected chi connectivity index (χ3v) is 6.08. The molecule has 0 atom stereocenters. The quantitative estimate of drug-likeness (QED) is 0.356. The van der Waals surface area contributed by atoms with Crippen LogP contribution in [0.5, 0.6) is 0 Å². The molecule has 4 heterocycles. The first-order chi connectivity index (χ1) is 16.6. The Hall–Kier alpha value is -3.42. The molecule has 4 N–H and O–H groups in total. The van der Waals surface area contributed by atoms with Gasteiger partial charge in [-0.15, -0.1) is 0 Å². The van der Waals surface area contributed by atoms with Crippen LogP contribution in [0, 0.1) is 0 Å². The Balaban J connectivity index is 1.42. The smallest absolute Gasteiger partial charge is 0.326 e. The highest BCUT2D eigenvalue weighted by molar-refractivity contribution is 6.32. The van der Waals surface area contributed by atoms with Gasteiger partial charge in [-0.25, -0.2) is 24.0 Å². The molecular weight excluding hydrogens is 510 g/mol. The van der Waals surface area contributed by atoms with Gasteiger partial charge in [0.25, 0.3) is 0 Å². The van der Waals surface area contributed by atoms with Crippen LogP contribution in [0.15, 0.2) is 36.9 Å². The minimum absolute atomic E-state index is 0.0186. The molecule has 0 unspecified atom stereocenters. The molecule has 4 aromatic rings. The molecule has 35 heavy (non-hydrogen) atoms. The molecule has 10 nitrogen and oxygen atoms in total. The van der Waals surface area contributed by atoms with Crippen LogP contribution in [0.4, 0.5) is 29.3 Å². The standard InChI is InChI=1S/C20H16Cl2F3N9O/c21-12-3-11(7-28-17(12)33-9-10(5-26)6-29-33)30-18(35)31-13-8-27-15-4-14(22)32-34(15)16(13)19(1-2-19)20(23,24)25/h3-4,6-9H,1-2,5,26H2,(H2,30,31,35). The van der Waals surface area contributed by atoms with Crippen LogP contribution in [0.1, 0.15) is 24.1 Å². The van der Waals surface area contributed by atoms with Gasteiger partial charge in [0.1, 0.15) is 5.41 Å². The molecular formula is C20H16Cl2F3N9O. The lowest BCUT2D eigenvalue weighted by molar-refractivity contribution is -0.161. The number of pyridine rings is 1. The zero-order valence-corrected chi connectivity index (χ0v) is 19.2. The van der Waals surface area contributed by atoms with Gasteiger partial charge in [0.05, 0.1) is 40.7 Å². The minimum atomic E-state index is -4.56. The summed E-state index contributed by atoms with van der Waals surface area (Å²) in [6.45, 7) is 0.292. The summed E-state index contributed by atoms with van der Waals surface area (Å²) in [6.07, 6.45) is 0.853. The van der Waals surface area contributed by atoms with Gasteiger partial charge < -0.3 is 16.4 Å². The molecule has 1 saturated carbocycles. The van der Waals surface area contributed by atoms with Crippen LogP contribution in [0.25, 0.3) is 11.5 Å². The number of aromatic nitrogens is 6. The number of carbonyl (C=O) groups is 1. The van der Waals surface area contributed by atoms with E-state index in [1.165, 1.54) is 23.0 Å². The van der Waals surface area contributed by atoms with Gasteiger partial charge in [-0.3, -0.25) is 0 Å². The molecule has 0 aliphatic heterocycles. The van der Waals surface area contributed by atoms with Crippen LogP contribution < -0.4 is 16.4 Å². The molecule has 0 radical (unpaired) electrons. The predicted octanol–water partition coefficient (Wildman–Crippen LogP) is 4.31. The van der Waals surface area contributed by atoms with Gasteiger partial charge in [-0.2, -0.15) is 23.4 Å². The number of hydrogen-bond acceptors (Lipinski definition) is 6. The summed E-state index contributed by atoms with van der Waals surface area (Å²) in [6, 6.07) is 1.95. The Morgan fingerprint density at radius 1 is 1.14 bits per heavy atom. The normalized spacial score (nSPS) is 14.8. The predicted molar refractivity (Wildman–Crippen MR) is 122 cm³/mol. The highest BCUT2D eigenvalue weighted by atomic mass is 35.5. The van der Waals surface area contributed by atoms with E-state index in [0.29, 0.717) is 12.4 Å². The van der Waals surface area contributed by atoms with Crippen molar-refractivity contribution in [3.63, 3.8) is 0 Å². The van der Waals surface area contributed by atoms with E-state index in [4.69, 9.17) is 28.9 Å². The number of fused-ring (bicyclic) bond motifs is 1. The first-order valence-electron chi connectivity index (χ1n) is 10.2. The fourth-order valence-corrected chi connectivity index (χ4v) is 4.20. The van der Waals surface area contributed by atoms with Crippen LogP contribution in [-0.4, -0.2) is 41.6 Å². The monoisotopic (exact) mass is 525 g/mol. The highest BCUT2D eigenvalue weighted by Gasteiger charge is 2.66. The molecule has 0 saturated heterocycles. The van der Waals surface area contributed by atoms with Crippen LogP contribution in [-0.2, 0) is 12.0 Å². The van der Waals surface area contributed by atoms with Gasteiger partial charge in [0.2, 0.25) is 0 Å². The second-order valence-corrected chi connectivity index (χ2v) is 8.74. The number of nitrogens with one attached hydrogen (secondary N) is 2. The molecule has 0 spiro atoms. The zero-order chi connectivity index (χ0) is 25.0. The van der Waals surface area contributed by atoms with Crippen molar-refractivity contribution in [1.82, 2.24) is 29.4 Å². The van der Waals surface area contributed by atoms with E-state index in [1.54, 1.807) is 12.4 Å². The van der Waals surface area contributed by atoms with E-state index in [-0.39, 0.29) is 45.7 Å². The van der Waals surface area contributed by atoms with E-state index < -0.39 is 17.6 Å². The fourth-order valence-electron chi connectivity index (χ4n) is 3.77. The van der Waals surface area contributed by atoms with Gasteiger partial charge in [-0.1, -0.05) is 23.2 Å². The number of nitrogens with two attached hydrogens (primary N) is 1. The van der Waals surface area contributed by atoms with Crippen molar-refractivity contribution in [3.05, 3.63) is 58.4 Å². The maximum absolute atomic E-state index is 14.0. The minimum Gasteiger partial charge on any atom is -0.326 e. The third-order valence-electron chi connectivity index (χ3n) is 5.62. The molecule has 0 aromatic carbocycles. The molecule has 4 aromatic heterocycles. The van der Waals surface area contributed by atoms with Crippen LogP contribution in [0.2, 0.25) is 10.2 Å². The van der Waals surface area contributed by atoms with Crippen molar-refractivity contribution in [3.8, 4) is 5.82 Å². The van der Waals surface area contributed by atoms with E-state index in [2.05, 4.69) is 30.8 Å². The number of amides is 2. The molecule has 1 aliphatic rings. The number of urea groups is 1. The van der Waals surface area contributed by atoms with Crippen LogP contribution in [0.3, 0.4) is 0 Å². The van der Waals surface area contributed by atoms with Crippen molar-refractivity contribution in [1.29, 1.82) is 0 Å². The lowest BCUT2D eigenvalue weighted by atomic mass is 10.00. The van der Waals surface area contributed by atoms with Crippen molar-refractivity contribution in [2.45, 2.75) is 31.0 Å². The average molecular weight is 526 g/mol. The number of carbonyl (C=O) groups excluding carboxylic acids is 1. The summed E-state index contributed by atoms with van der Waals surface area (Å²) in [4.78, 5) is 21.0. The van der Waals surface area contributed by atoms with Crippen LogP contribution >= 0.6 is 23.2 Å². The Kier molecular flexibility index (Phi) is 5.57.